The quantitative estimate of drug-likeness (QED) is 0.507. The van der Waals surface area contributed by atoms with Crippen molar-refractivity contribution in [2.75, 3.05) is 11.1 Å². The summed E-state index contributed by atoms with van der Waals surface area (Å²) in [5.41, 5.74) is 3.99. The second kappa shape index (κ2) is 7.86. The van der Waals surface area contributed by atoms with Crippen LogP contribution >= 0.6 is 23.1 Å². The number of nitrogens with zero attached hydrogens (tertiary/aromatic N) is 2. The average molecular weight is 402 g/mol. The number of aryl methyl sites for hydroxylation is 3. The Balaban J connectivity index is 1.83. The first kappa shape index (κ1) is 19.6. The van der Waals surface area contributed by atoms with Gasteiger partial charge in [-0.25, -0.2) is 4.98 Å². The van der Waals surface area contributed by atoms with Crippen LogP contribution in [0, 0.1) is 27.7 Å². The molecule has 0 aliphatic heterocycles. The molecule has 0 atom stereocenters. The van der Waals surface area contributed by atoms with Crippen LogP contribution in [0.2, 0.25) is 0 Å². The van der Waals surface area contributed by atoms with Gasteiger partial charge in [-0.1, -0.05) is 23.9 Å². The van der Waals surface area contributed by atoms with Crippen LogP contribution in [0.15, 0.2) is 28.2 Å². The highest BCUT2D eigenvalue weighted by Gasteiger charge is 2.17. The molecule has 2 aromatic heterocycles. The van der Waals surface area contributed by atoms with Crippen molar-refractivity contribution in [1.29, 1.82) is 0 Å². The molecule has 0 aliphatic carbocycles. The number of fused-ring (bicyclic) bond motifs is 1. The number of hydrogen-bond acceptors (Lipinski definition) is 5. The first-order valence-corrected chi connectivity index (χ1v) is 10.6. The second-order valence-corrected chi connectivity index (χ2v) is 8.64. The fourth-order valence-electron chi connectivity index (χ4n) is 2.90. The third kappa shape index (κ3) is 3.80. The van der Waals surface area contributed by atoms with Crippen molar-refractivity contribution < 1.29 is 4.79 Å². The van der Waals surface area contributed by atoms with Gasteiger partial charge < -0.3 is 5.32 Å². The second-order valence-electron chi connectivity index (χ2n) is 6.49. The Morgan fingerprint density at radius 2 is 1.96 bits per heavy atom. The molecule has 0 radical (unpaired) electrons. The van der Waals surface area contributed by atoms with Gasteiger partial charge in [-0.3, -0.25) is 14.2 Å². The number of aromatic nitrogens is 2. The van der Waals surface area contributed by atoms with Gasteiger partial charge >= 0.3 is 0 Å². The summed E-state index contributed by atoms with van der Waals surface area (Å²) in [4.78, 5) is 31.8. The molecule has 1 aromatic carbocycles. The van der Waals surface area contributed by atoms with Gasteiger partial charge in [-0.15, -0.1) is 11.3 Å². The standard InChI is InChI=1S/C20H23N3O2S2/c1-6-23-19(25)17-13(4)14(5)27-18(17)22-20(23)26-10-16(24)21-15-9-7-8-11(2)12(15)3/h7-9H,6,10H2,1-5H3,(H,21,24). The lowest BCUT2D eigenvalue weighted by Gasteiger charge is -2.12. The molecule has 27 heavy (non-hydrogen) atoms. The summed E-state index contributed by atoms with van der Waals surface area (Å²) in [6, 6.07) is 5.84. The molecule has 0 saturated heterocycles. The smallest absolute Gasteiger partial charge is 0.263 e. The maximum absolute atomic E-state index is 12.8. The Labute approximate surface area is 166 Å². The van der Waals surface area contributed by atoms with Crippen LogP contribution in [0.5, 0.6) is 0 Å². The highest BCUT2D eigenvalue weighted by molar-refractivity contribution is 7.99. The van der Waals surface area contributed by atoms with Gasteiger partial charge in [0, 0.05) is 17.1 Å². The fourth-order valence-corrected chi connectivity index (χ4v) is 4.83. The van der Waals surface area contributed by atoms with Crippen molar-refractivity contribution in [2.45, 2.75) is 46.3 Å². The maximum atomic E-state index is 12.8. The summed E-state index contributed by atoms with van der Waals surface area (Å²) in [5, 5.41) is 4.24. The lowest BCUT2D eigenvalue weighted by atomic mass is 10.1. The Hall–Kier alpha value is -2.12. The zero-order valence-corrected chi connectivity index (χ0v) is 17.8. The van der Waals surface area contributed by atoms with E-state index in [9.17, 15) is 9.59 Å². The molecule has 0 bridgehead atoms. The van der Waals surface area contributed by atoms with Gasteiger partial charge in [-0.2, -0.15) is 0 Å². The number of amides is 1. The number of benzene rings is 1. The lowest BCUT2D eigenvalue weighted by Crippen LogP contribution is -2.23. The van der Waals surface area contributed by atoms with E-state index in [1.54, 1.807) is 4.57 Å². The van der Waals surface area contributed by atoms with E-state index in [2.05, 4.69) is 10.3 Å². The molecule has 1 N–H and O–H groups in total. The molecule has 2 heterocycles. The van der Waals surface area contributed by atoms with E-state index in [0.717, 1.165) is 32.1 Å². The molecule has 3 rings (SSSR count). The minimum atomic E-state index is -0.107. The predicted molar refractivity (Wildman–Crippen MR) is 114 cm³/mol. The fraction of sp³-hybridized carbons (Fsp3) is 0.350. The van der Waals surface area contributed by atoms with Crippen LogP contribution in [-0.2, 0) is 11.3 Å². The number of anilines is 1. The van der Waals surface area contributed by atoms with E-state index in [0.29, 0.717) is 17.1 Å². The predicted octanol–water partition coefficient (Wildman–Crippen LogP) is 4.44. The van der Waals surface area contributed by atoms with E-state index < -0.39 is 0 Å². The Morgan fingerprint density at radius 1 is 1.22 bits per heavy atom. The highest BCUT2D eigenvalue weighted by atomic mass is 32.2. The molecule has 0 unspecified atom stereocenters. The van der Waals surface area contributed by atoms with Gasteiger partial charge in [0.1, 0.15) is 4.83 Å². The Morgan fingerprint density at radius 3 is 2.67 bits per heavy atom. The minimum Gasteiger partial charge on any atom is -0.325 e. The summed E-state index contributed by atoms with van der Waals surface area (Å²) in [6.45, 7) is 10.4. The summed E-state index contributed by atoms with van der Waals surface area (Å²) in [7, 11) is 0. The SMILES string of the molecule is CCn1c(SCC(=O)Nc2cccc(C)c2C)nc2sc(C)c(C)c2c1=O. The lowest BCUT2D eigenvalue weighted by molar-refractivity contribution is -0.113. The van der Waals surface area contributed by atoms with Gasteiger partial charge in [0.15, 0.2) is 5.16 Å². The number of thiophene rings is 1. The molecule has 142 valence electrons. The van der Waals surface area contributed by atoms with Crippen LogP contribution in [0.1, 0.15) is 28.5 Å². The molecule has 7 heteroatoms. The Kier molecular flexibility index (Phi) is 5.72. The highest BCUT2D eigenvalue weighted by Crippen LogP contribution is 2.28. The maximum Gasteiger partial charge on any atom is 0.263 e. The minimum absolute atomic E-state index is 0.0261. The molecule has 0 aliphatic rings. The van der Waals surface area contributed by atoms with E-state index >= 15 is 0 Å². The van der Waals surface area contributed by atoms with Crippen LogP contribution in [-0.4, -0.2) is 21.2 Å². The van der Waals surface area contributed by atoms with E-state index in [-0.39, 0.29) is 17.2 Å². The van der Waals surface area contributed by atoms with Crippen molar-refractivity contribution in [3.63, 3.8) is 0 Å². The zero-order chi connectivity index (χ0) is 19.7. The van der Waals surface area contributed by atoms with Crippen molar-refractivity contribution in [3.05, 3.63) is 50.1 Å². The molecule has 0 saturated carbocycles. The van der Waals surface area contributed by atoms with Crippen molar-refractivity contribution >= 4 is 44.9 Å². The van der Waals surface area contributed by atoms with Crippen LogP contribution in [0.4, 0.5) is 5.69 Å². The Bertz CT molecular complexity index is 1080. The number of thioether (sulfide) groups is 1. The number of rotatable bonds is 5. The van der Waals surface area contributed by atoms with Crippen LogP contribution in [0.25, 0.3) is 10.2 Å². The molecule has 3 aromatic rings. The van der Waals surface area contributed by atoms with Crippen molar-refractivity contribution in [1.82, 2.24) is 9.55 Å². The number of hydrogen-bond donors (Lipinski definition) is 1. The number of nitrogens with one attached hydrogen (secondary N) is 1. The third-order valence-electron chi connectivity index (χ3n) is 4.78. The van der Waals surface area contributed by atoms with Crippen LogP contribution in [0.3, 0.4) is 0 Å². The third-order valence-corrected chi connectivity index (χ3v) is 6.86. The van der Waals surface area contributed by atoms with Gasteiger partial charge in [0.05, 0.1) is 11.1 Å². The normalized spacial score (nSPS) is 11.1. The largest absolute Gasteiger partial charge is 0.325 e. The molecule has 5 nitrogen and oxygen atoms in total. The first-order valence-electron chi connectivity index (χ1n) is 8.82. The summed E-state index contributed by atoms with van der Waals surface area (Å²) >= 11 is 2.83. The first-order chi connectivity index (χ1) is 12.8. The zero-order valence-electron chi connectivity index (χ0n) is 16.2. The molecule has 1 amide bonds. The monoisotopic (exact) mass is 401 g/mol. The molecule has 0 spiro atoms. The van der Waals surface area contributed by atoms with Gasteiger partial charge in [0.2, 0.25) is 5.91 Å². The van der Waals surface area contributed by atoms with E-state index in [4.69, 9.17) is 0 Å². The van der Waals surface area contributed by atoms with Crippen LogP contribution < -0.4 is 10.9 Å². The van der Waals surface area contributed by atoms with Crippen molar-refractivity contribution in [2.24, 2.45) is 0 Å². The average Bonchev–Trinajstić information content (AvgIpc) is 2.91. The molecular weight excluding hydrogens is 378 g/mol. The molecule has 0 fully saturated rings. The van der Waals surface area contributed by atoms with E-state index in [1.165, 1.54) is 23.1 Å². The topological polar surface area (TPSA) is 64.0 Å². The summed E-state index contributed by atoms with van der Waals surface area (Å²) in [6.07, 6.45) is 0. The summed E-state index contributed by atoms with van der Waals surface area (Å²) in [5.74, 6) is 0.0959. The summed E-state index contributed by atoms with van der Waals surface area (Å²) < 4.78 is 1.65. The number of carbonyl (C=O) groups is 1. The van der Waals surface area contributed by atoms with E-state index in [1.807, 2.05) is 52.8 Å². The number of carbonyl (C=O) groups excluding carboxylic acids is 1. The van der Waals surface area contributed by atoms with Gasteiger partial charge in [-0.05, 0) is 57.4 Å². The van der Waals surface area contributed by atoms with Gasteiger partial charge in [0.25, 0.3) is 5.56 Å². The molecular formula is C20H23N3O2S2. The van der Waals surface area contributed by atoms with Crippen molar-refractivity contribution in [3.8, 4) is 0 Å².